The Morgan fingerprint density at radius 3 is 2.37 bits per heavy atom. The Hall–Kier alpha value is -0.433. The second kappa shape index (κ2) is 5.16. The maximum absolute atomic E-state index is 11.1. The molecule has 19 heavy (non-hydrogen) atoms. The van der Waals surface area contributed by atoms with Gasteiger partial charge in [-0.1, -0.05) is 20.8 Å². The SMILES string of the molecule is CC(C)(C)[Si](C)(C)O[C@@H]1C[C@@H](C(=O)O)O[C@](C)(O)C1. The average molecular weight is 290 g/mol. The minimum atomic E-state index is -1.98. The van der Waals surface area contributed by atoms with Crippen LogP contribution in [0.25, 0.3) is 0 Å². The van der Waals surface area contributed by atoms with E-state index in [1.807, 2.05) is 0 Å². The summed E-state index contributed by atoms with van der Waals surface area (Å²) in [5.41, 5.74) is 0. The van der Waals surface area contributed by atoms with Crippen molar-refractivity contribution in [1.82, 2.24) is 0 Å². The normalized spacial score (nSPS) is 33.2. The topological polar surface area (TPSA) is 76.0 Å². The van der Waals surface area contributed by atoms with Crippen LogP contribution in [0.2, 0.25) is 18.1 Å². The molecule has 6 heteroatoms. The summed E-state index contributed by atoms with van der Waals surface area (Å²) < 4.78 is 11.4. The largest absolute Gasteiger partial charge is 0.479 e. The number of hydrogen-bond donors (Lipinski definition) is 2. The van der Waals surface area contributed by atoms with Crippen molar-refractivity contribution in [3.63, 3.8) is 0 Å². The molecule has 1 rings (SSSR count). The van der Waals surface area contributed by atoms with Gasteiger partial charge in [0.25, 0.3) is 0 Å². The number of hydrogen-bond acceptors (Lipinski definition) is 4. The highest BCUT2D eigenvalue weighted by molar-refractivity contribution is 6.74. The third-order valence-electron chi connectivity index (χ3n) is 4.02. The molecule has 0 unspecified atom stereocenters. The van der Waals surface area contributed by atoms with Gasteiger partial charge in [-0.05, 0) is 25.1 Å². The van der Waals surface area contributed by atoms with E-state index >= 15 is 0 Å². The van der Waals surface area contributed by atoms with Crippen LogP contribution in [0, 0.1) is 0 Å². The van der Waals surface area contributed by atoms with E-state index in [2.05, 4.69) is 33.9 Å². The van der Waals surface area contributed by atoms with Crippen LogP contribution in [-0.4, -0.2) is 42.5 Å². The molecule has 0 spiro atoms. The molecule has 0 bridgehead atoms. The van der Waals surface area contributed by atoms with E-state index in [0.717, 1.165) is 0 Å². The average Bonchev–Trinajstić information content (AvgIpc) is 2.11. The molecule has 1 aliphatic rings. The lowest BCUT2D eigenvalue weighted by atomic mass is 9.99. The van der Waals surface area contributed by atoms with Crippen molar-refractivity contribution in [3.8, 4) is 0 Å². The van der Waals surface area contributed by atoms with Gasteiger partial charge in [-0.15, -0.1) is 0 Å². The van der Waals surface area contributed by atoms with E-state index in [1.165, 1.54) is 6.92 Å². The number of rotatable bonds is 3. The van der Waals surface area contributed by atoms with Gasteiger partial charge in [0.15, 0.2) is 20.2 Å². The number of carbonyl (C=O) groups is 1. The molecular formula is C13H26O5Si. The first-order valence-electron chi connectivity index (χ1n) is 6.65. The summed E-state index contributed by atoms with van der Waals surface area (Å²) in [6.07, 6.45) is -0.675. The lowest BCUT2D eigenvalue weighted by Crippen LogP contribution is -2.52. The van der Waals surface area contributed by atoms with Crippen molar-refractivity contribution < 1.29 is 24.2 Å². The molecule has 1 aliphatic heterocycles. The van der Waals surface area contributed by atoms with E-state index in [0.29, 0.717) is 6.42 Å². The number of carboxylic acid groups (broad SMARTS) is 1. The van der Waals surface area contributed by atoms with Crippen molar-refractivity contribution in [3.05, 3.63) is 0 Å². The molecule has 0 aromatic carbocycles. The first-order chi connectivity index (χ1) is 8.34. The molecule has 0 aliphatic carbocycles. The number of ether oxygens (including phenoxy) is 1. The molecule has 5 nitrogen and oxygen atoms in total. The Morgan fingerprint density at radius 2 is 1.95 bits per heavy atom. The molecule has 112 valence electrons. The van der Waals surface area contributed by atoms with E-state index in [1.54, 1.807) is 0 Å². The van der Waals surface area contributed by atoms with Crippen LogP contribution in [0.5, 0.6) is 0 Å². The van der Waals surface area contributed by atoms with Crippen molar-refractivity contribution >= 4 is 14.3 Å². The molecule has 0 radical (unpaired) electrons. The molecule has 0 aromatic heterocycles. The van der Waals surface area contributed by atoms with Crippen LogP contribution in [0.1, 0.15) is 40.5 Å². The highest BCUT2D eigenvalue weighted by Crippen LogP contribution is 2.40. The monoisotopic (exact) mass is 290 g/mol. The lowest BCUT2D eigenvalue weighted by molar-refractivity contribution is -0.259. The van der Waals surface area contributed by atoms with E-state index < -0.39 is 26.2 Å². The van der Waals surface area contributed by atoms with Crippen molar-refractivity contribution in [2.24, 2.45) is 0 Å². The fourth-order valence-electron chi connectivity index (χ4n) is 1.98. The molecule has 2 N–H and O–H groups in total. The molecule has 3 atom stereocenters. The first-order valence-corrected chi connectivity index (χ1v) is 9.56. The van der Waals surface area contributed by atoms with Gasteiger partial charge in [0.2, 0.25) is 0 Å². The number of aliphatic hydroxyl groups is 1. The Morgan fingerprint density at radius 1 is 1.42 bits per heavy atom. The van der Waals surface area contributed by atoms with Crippen molar-refractivity contribution in [2.45, 2.75) is 76.7 Å². The lowest BCUT2D eigenvalue weighted by Gasteiger charge is -2.44. The number of aliphatic carboxylic acids is 1. The van der Waals surface area contributed by atoms with Gasteiger partial charge in [-0.2, -0.15) is 0 Å². The standard InChI is InChI=1S/C13H26O5Si/c1-12(2,3)19(5,6)18-9-7-10(11(14)15)17-13(4,16)8-9/h9-10,16H,7-8H2,1-6H3,(H,14,15)/t9-,10+,13+/m1/s1. The van der Waals surface area contributed by atoms with Gasteiger partial charge in [0.1, 0.15) is 0 Å². The van der Waals surface area contributed by atoms with Gasteiger partial charge in [0, 0.05) is 12.8 Å². The Balaban J connectivity index is 2.81. The molecule has 0 saturated carbocycles. The fourth-order valence-corrected chi connectivity index (χ4v) is 3.35. The molecular weight excluding hydrogens is 264 g/mol. The van der Waals surface area contributed by atoms with Gasteiger partial charge < -0.3 is 19.4 Å². The Kier molecular flexibility index (Phi) is 4.51. The molecule has 1 heterocycles. The summed E-state index contributed by atoms with van der Waals surface area (Å²) in [5, 5.41) is 19.1. The summed E-state index contributed by atoms with van der Waals surface area (Å²) in [6.45, 7) is 12.1. The van der Waals surface area contributed by atoms with Crippen LogP contribution in [0.15, 0.2) is 0 Å². The van der Waals surface area contributed by atoms with Gasteiger partial charge >= 0.3 is 5.97 Å². The van der Waals surface area contributed by atoms with Crippen LogP contribution in [0.4, 0.5) is 0 Å². The number of carboxylic acids is 1. The van der Waals surface area contributed by atoms with E-state index in [9.17, 15) is 9.90 Å². The minimum Gasteiger partial charge on any atom is -0.479 e. The smallest absolute Gasteiger partial charge is 0.333 e. The van der Waals surface area contributed by atoms with Crippen LogP contribution >= 0.6 is 0 Å². The summed E-state index contributed by atoms with van der Waals surface area (Å²) in [4.78, 5) is 11.1. The maximum atomic E-state index is 11.1. The minimum absolute atomic E-state index is 0.0515. The van der Waals surface area contributed by atoms with E-state index in [4.69, 9.17) is 14.3 Å². The zero-order chi connectivity index (χ0) is 15.1. The van der Waals surface area contributed by atoms with E-state index in [-0.39, 0.29) is 17.6 Å². The second-order valence-corrected chi connectivity index (χ2v) is 11.8. The maximum Gasteiger partial charge on any atom is 0.333 e. The highest BCUT2D eigenvalue weighted by atomic mass is 28.4. The third kappa shape index (κ3) is 4.27. The summed E-state index contributed by atoms with van der Waals surface area (Å²) in [6, 6.07) is 0. The highest BCUT2D eigenvalue weighted by Gasteiger charge is 2.45. The Bertz CT molecular complexity index is 345. The third-order valence-corrected chi connectivity index (χ3v) is 8.56. The van der Waals surface area contributed by atoms with Crippen LogP contribution in [0.3, 0.4) is 0 Å². The first kappa shape index (κ1) is 16.6. The van der Waals surface area contributed by atoms with Gasteiger partial charge in [-0.3, -0.25) is 0 Å². The predicted octanol–water partition coefficient (Wildman–Crippen LogP) is 2.35. The quantitative estimate of drug-likeness (QED) is 0.780. The summed E-state index contributed by atoms with van der Waals surface area (Å²) in [7, 11) is -1.98. The summed E-state index contributed by atoms with van der Waals surface area (Å²) in [5.74, 6) is -2.49. The van der Waals surface area contributed by atoms with Gasteiger partial charge in [0.05, 0.1) is 6.10 Å². The predicted molar refractivity (Wildman–Crippen MR) is 74.4 cm³/mol. The zero-order valence-electron chi connectivity index (χ0n) is 12.7. The summed E-state index contributed by atoms with van der Waals surface area (Å²) >= 11 is 0. The molecule has 1 fully saturated rings. The molecule has 0 aromatic rings. The zero-order valence-corrected chi connectivity index (χ0v) is 13.7. The van der Waals surface area contributed by atoms with Crippen molar-refractivity contribution in [1.29, 1.82) is 0 Å². The fraction of sp³-hybridized carbons (Fsp3) is 0.923. The second-order valence-electron chi connectivity index (χ2n) is 7.06. The van der Waals surface area contributed by atoms with Gasteiger partial charge in [-0.25, -0.2) is 4.79 Å². The Labute approximate surface area is 116 Å². The van der Waals surface area contributed by atoms with Crippen LogP contribution in [-0.2, 0) is 14.0 Å². The molecule has 1 saturated heterocycles. The van der Waals surface area contributed by atoms with Crippen LogP contribution < -0.4 is 0 Å². The van der Waals surface area contributed by atoms with Crippen molar-refractivity contribution in [2.75, 3.05) is 0 Å². The molecule has 0 amide bonds.